The fraction of sp³-hybridized carbons (Fsp3) is 0.400. The van der Waals surface area contributed by atoms with Gasteiger partial charge in [0.25, 0.3) is 0 Å². The SMILES string of the molecule is COc1ccc(CC(=O)N2C(C)CN(C(=Nc3ccccc3C)NC#N)CC2C)cc1OC. The monoisotopic (exact) mass is 449 g/mol. The molecule has 174 valence electrons. The number of benzene rings is 2. The zero-order valence-electron chi connectivity index (χ0n) is 19.8. The molecule has 2 unspecified atom stereocenters. The molecule has 1 aliphatic heterocycles. The van der Waals surface area contributed by atoms with Crippen LogP contribution in [0.5, 0.6) is 11.5 Å². The van der Waals surface area contributed by atoms with E-state index in [4.69, 9.17) is 14.5 Å². The summed E-state index contributed by atoms with van der Waals surface area (Å²) in [6.07, 6.45) is 2.27. The van der Waals surface area contributed by atoms with Crippen molar-refractivity contribution in [3.63, 3.8) is 0 Å². The lowest BCUT2D eigenvalue weighted by molar-refractivity contribution is -0.137. The molecule has 1 N–H and O–H groups in total. The molecule has 3 rings (SSSR count). The Balaban J connectivity index is 1.75. The summed E-state index contributed by atoms with van der Waals surface area (Å²) < 4.78 is 10.6. The minimum Gasteiger partial charge on any atom is -0.493 e. The van der Waals surface area contributed by atoms with E-state index in [9.17, 15) is 10.1 Å². The normalized spacial score (nSPS) is 18.5. The van der Waals surface area contributed by atoms with Crippen LogP contribution in [0.25, 0.3) is 0 Å². The van der Waals surface area contributed by atoms with Gasteiger partial charge in [-0.25, -0.2) is 4.99 Å². The van der Waals surface area contributed by atoms with Crippen molar-refractivity contribution in [2.45, 2.75) is 39.3 Å². The molecular formula is C25H31N5O3. The Morgan fingerprint density at radius 2 is 1.79 bits per heavy atom. The van der Waals surface area contributed by atoms with Crippen LogP contribution in [0.2, 0.25) is 0 Å². The standard InChI is InChI=1S/C25H31N5O3/c1-17-8-6-7-9-21(17)28-25(27-16-26)29-14-18(2)30(19(3)15-29)24(31)13-20-10-11-22(32-4)23(12-20)33-5/h6-12,18-19H,13-15H2,1-5H3,(H,27,28). The maximum absolute atomic E-state index is 13.2. The minimum absolute atomic E-state index is 0.0486. The highest BCUT2D eigenvalue weighted by atomic mass is 16.5. The zero-order chi connectivity index (χ0) is 24.0. The third-order valence-corrected chi connectivity index (χ3v) is 5.82. The van der Waals surface area contributed by atoms with E-state index in [1.165, 1.54) is 0 Å². The molecule has 0 aromatic heterocycles. The number of carbonyl (C=O) groups is 1. The van der Waals surface area contributed by atoms with Crippen LogP contribution in [0.15, 0.2) is 47.5 Å². The van der Waals surface area contributed by atoms with E-state index in [0.29, 0.717) is 30.5 Å². The van der Waals surface area contributed by atoms with Crippen molar-refractivity contribution in [1.82, 2.24) is 15.1 Å². The van der Waals surface area contributed by atoms with Crippen LogP contribution in [0.4, 0.5) is 5.69 Å². The number of rotatable bonds is 5. The van der Waals surface area contributed by atoms with Gasteiger partial charge in [0.1, 0.15) is 0 Å². The number of guanidine groups is 1. The summed E-state index contributed by atoms with van der Waals surface area (Å²) in [5, 5.41) is 12.0. The second kappa shape index (κ2) is 10.7. The number of hydrogen-bond donors (Lipinski definition) is 1. The number of nitriles is 1. The molecule has 0 aliphatic carbocycles. The zero-order valence-corrected chi connectivity index (χ0v) is 19.8. The second-order valence-corrected chi connectivity index (χ2v) is 8.23. The second-order valence-electron chi connectivity index (χ2n) is 8.23. The summed E-state index contributed by atoms with van der Waals surface area (Å²) >= 11 is 0. The predicted octanol–water partition coefficient (Wildman–Crippen LogP) is 3.23. The Hall–Kier alpha value is -3.73. The molecule has 0 spiro atoms. The molecule has 1 amide bonds. The van der Waals surface area contributed by atoms with Gasteiger partial charge in [-0.1, -0.05) is 24.3 Å². The first-order valence-corrected chi connectivity index (χ1v) is 10.9. The van der Waals surface area contributed by atoms with Gasteiger partial charge in [0, 0.05) is 25.2 Å². The van der Waals surface area contributed by atoms with Gasteiger partial charge < -0.3 is 19.3 Å². The number of methoxy groups -OCH3 is 2. The van der Waals surface area contributed by atoms with Crippen molar-refractivity contribution >= 4 is 17.6 Å². The third-order valence-electron chi connectivity index (χ3n) is 5.82. The molecule has 1 heterocycles. The molecule has 1 aliphatic rings. The molecule has 2 atom stereocenters. The fourth-order valence-electron chi connectivity index (χ4n) is 4.27. The van der Waals surface area contributed by atoms with Gasteiger partial charge in [-0.15, -0.1) is 0 Å². The van der Waals surface area contributed by atoms with E-state index in [0.717, 1.165) is 16.8 Å². The van der Waals surface area contributed by atoms with Crippen LogP contribution in [-0.4, -0.2) is 61.1 Å². The molecule has 0 saturated carbocycles. The Kier molecular flexibility index (Phi) is 7.78. The van der Waals surface area contributed by atoms with Crippen molar-refractivity contribution in [1.29, 1.82) is 5.26 Å². The summed E-state index contributed by atoms with van der Waals surface area (Å²) in [4.78, 5) is 21.9. The van der Waals surface area contributed by atoms with Gasteiger partial charge in [-0.05, 0) is 50.1 Å². The van der Waals surface area contributed by atoms with Crippen LogP contribution in [0, 0.1) is 18.4 Å². The average molecular weight is 450 g/mol. The van der Waals surface area contributed by atoms with Gasteiger partial charge in [0.15, 0.2) is 17.7 Å². The first-order chi connectivity index (χ1) is 15.9. The van der Waals surface area contributed by atoms with Gasteiger partial charge in [0.05, 0.1) is 26.3 Å². The lowest BCUT2D eigenvalue weighted by Gasteiger charge is -2.45. The lowest BCUT2D eigenvalue weighted by atomic mass is 10.0. The van der Waals surface area contributed by atoms with Crippen molar-refractivity contribution in [3.05, 3.63) is 53.6 Å². The van der Waals surface area contributed by atoms with Crippen molar-refractivity contribution in [2.24, 2.45) is 4.99 Å². The molecule has 0 radical (unpaired) electrons. The Bertz CT molecular complexity index is 1050. The number of nitrogens with zero attached hydrogens (tertiary/aromatic N) is 4. The molecule has 1 saturated heterocycles. The molecule has 0 bridgehead atoms. The van der Waals surface area contributed by atoms with Crippen LogP contribution < -0.4 is 14.8 Å². The first kappa shape index (κ1) is 23.9. The molecule has 1 fully saturated rings. The maximum atomic E-state index is 13.2. The van der Waals surface area contributed by atoms with Gasteiger partial charge >= 0.3 is 0 Å². The minimum atomic E-state index is -0.0519. The van der Waals surface area contributed by atoms with Crippen molar-refractivity contribution < 1.29 is 14.3 Å². The highest BCUT2D eigenvalue weighted by Gasteiger charge is 2.34. The van der Waals surface area contributed by atoms with Gasteiger partial charge in [-0.3, -0.25) is 10.1 Å². The van der Waals surface area contributed by atoms with Crippen LogP contribution in [-0.2, 0) is 11.2 Å². The number of aliphatic imine (C=N–C) groups is 1. The number of amides is 1. The predicted molar refractivity (Wildman–Crippen MR) is 128 cm³/mol. The number of piperazine rings is 1. The van der Waals surface area contributed by atoms with Gasteiger partial charge in [-0.2, -0.15) is 5.26 Å². The molecular weight excluding hydrogens is 418 g/mol. The van der Waals surface area contributed by atoms with E-state index < -0.39 is 0 Å². The molecule has 2 aromatic carbocycles. The smallest absolute Gasteiger partial charge is 0.227 e. The number of hydrogen-bond acceptors (Lipinski definition) is 5. The molecule has 2 aromatic rings. The Morgan fingerprint density at radius 1 is 1.12 bits per heavy atom. The molecule has 33 heavy (non-hydrogen) atoms. The quantitative estimate of drug-likeness (QED) is 0.326. The highest BCUT2D eigenvalue weighted by Crippen LogP contribution is 2.28. The molecule has 8 nitrogen and oxygen atoms in total. The first-order valence-electron chi connectivity index (χ1n) is 10.9. The van der Waals surface area contributed by atoms with Crippen molar-refractivity contribution in [2.75, 3.05) is 27.3 Å². The lowest BCUT2D eigenvalue weighted by Crippen LogP contribution is -2.61. The summed E-state index contributed by atoms with van der Waals surface area (Å²) in [6, 6.07) is 13.2. The van der Waals surface area contributed by atoms with Crippen molar-refractivity contribution in [3.8, 4) is 17.7 Å². The fourth-order valence-corrected chi connectivity index (χ4v) is 4.27. The van der Waals surface area contributed by atoms with Crippen LogP contribution in [0.1, 0.15) is 25.0 Å². The highest BCUT2D eigenvalue weighted by molar-refractivity contribution is 5.85. The van der Waals surface area contributed by atoms with E-state index in [-0.39, 0.29) is 24.4 Å². The number of ether oxygens (including phenoxy) is 2. The van der Waals surface area contributed by atoms with Crippen LogP contribution in [0.3, 0.4) is 0 Å². The van der Waals surface area contributed by atoms with E-state index in [1.54, 1.807) is 14.2 Å². The average Bonchev–Trinajstić information content (AvgIpc) is 2.79. The Morgan fingerprint density at radius 3 is 2.39 bits per heavy atom. The largest absolute Gasteiger partial charge is 0.493 e. The summed E-state index contributed by atoms with van der Waals surface area (Å²) in [6.45, 7) is 7.17. The number of aryl methyl sites for hydroxylation is 1. The molecule has 8 heteroatoms. The number of nitrogens with one attached hydrogen (secondary N) is 1. The van der Waals surface area contributed by atoms with E-state index in [2.05, 4.69) is 5.32 Å². The summed E-state index contributed by atoms with van der Waals surface area (Å²) in [5.41, 5.74) is 2.70. The Labute approximate surface area is 195 Å². The summed E-state index contributed by atoms with van der Waals surface area (Å²) in [5.74, 6) is 1.79. The number of para-hydroxylation sites is 1. The van der Waals surface area contributed by atoms with E-state index >= 15 is 0 Å². The van der Waals surface area contributed by atoms with Gasteiger partial charge in [0.2, 0.25) is 11.9 Å². The number of carbonyl (C=O) groups excluding carboxylic acids is 1. The van der Waals surface area contributed by atoms with Crippen LogP contribution >= 0.6 is 0 Å². The third kappa shape index (κ3) is 5.55. The van der Waals surface area contributed by atoms with E-state index in [1.807, 2.05) is 79.2 Å². The summed E-state index contributed by atoms with van der Waals surface area (Å²) in [7, 11) is 3.17. The topological polar surface area (TPSA) is 90.2 Å². The maximum Gasteiger partial charge on any atom is 0.227 e.